The molecular weight excluding hydrogens is 314 g/mol. The van der Waals surface area contributed by atoms with Crippen molar-refractivity contribution in [2.75, 3.05) is 0 Å². The summed E-state index contributed by atoms with van der Waals surface area (Å²) in [5.74, 6) is -6.53. The van der Waals surface area contributed by atoms with Crippen molar-refractivity contribution in [3.8, 4) is 0 Å². The quantitative estimate of drug-likeness (QED) is 0.746. The Morgan fingerprint density at radius 1 is 1.39 bits per heavy atom. The van der Waals surface area contributed by atoms with Crippen molar-refractivity contribution in [2.45, 2.75) is 62.8 Å². The van der Waals surface area contributed by atoms with E-state index in [1.165, 1.54) is 0 Å². The summed E-state index contributed by atoms with van der Waals surface area (Å²) in [6.45, 7) is 4.81. The lowest BCUT2D eigenvalue weighted by Crippen LogP contribution is -2.67. The molecule has 4 unspecified atom stereocenters. The van der Waals surface area contributed by atoms with Crippen molar-refractivity contribution >= 4 is 18.0 Å². The number of halogens is 2. The molecule has 2 heterocycles. The lowest BCUT2D eigenvalue weighted by Gasteiger charge is -2.41. The van der Waals surface area contributed by atoms with Gasteiger partial charge in [0, 0.05) is 6.42 Å². The molecule has 0 aromatic rings. The van der Waals surface area contributed by atoms with E-state index in [0.717, 1.165) is 4.90 Å². The molecule has 1 spiro atoms. The average Bonchev–Trinajstić information content (AvgIpc) is 2.77. The molecule has 3 fully saturated rings. The minimum absolute atomic E-state index is 0.192. The summed E-state index contributed by atoms with van der Waals surface area (Å²) in [6.07, 6.45) is -1.80. The van der Waals surface area contributed by atoms with Gasteiger partial charge in [-0.3, -0.25) is 14.5 Å². The molecule has 9 heteroatoms. The van der Waals surface area contributed by atoms with Crippen molar-refractivity contribution in [3.63, 3.8) is 0 Å². The Morgan fingerprint density at radius 3 is 2.39 bits per heavy atom. The van der Waals surface area contributed by atoms with Crippen LogP contribution in [0.5, 0.6) is 0 Å². The number of piperazine rings is 1. The van der Waals surface area contributed by atoms with Gasteiger partial charge in [0.2, 0.25) is 5.91 Å². The first-order valence-electron chi connectivity index (χ1n) is 7.34. The van der Waals surface area contributed by atoms with Gasteiger partial charge in [-0.2, -0.15) is 0 Å². The van der Waals surface area contributed by atoms with Crippen molar-refractivity contribution < 1.29 is 33.0 Å². The minimum Gasteiger partial charge on any atom is -0.481 e. The SMILES string of the molecule is CC(C)(C)OC(=O)N1C2CC(C(=O)O)C1C1(CC1(F)F)NC2=O. The Morgan fingerprint density at radius 2 is 1.96 bits per heavy atom. The number of hydrogen-bond acceptors (Lipinski definition) is 4. The Kier molecular flexibility index (Phi) is 3.00. The Bertz CT molecular complexity index is 602. The van der Waals surface area contributed by atoms with Crippen molar-refractivity contribution in [1.82, 2.24) is 10.2 Å². The number of aliphatic carboxylic acids is 1. The van der Waals surface area contributed by atoms with Crippen LogP contribution in [0.25, 0.3) is 0 Å². The first-order chi connectivity index (χ1) is 10.4. The van der Waals surface area contributed by atoms with E-state index in [0.29, 0.717) is 0 Å². The predicted molar refractivity (Wildman–Crippen MR) is 71.8 cm³/mol. The van der Waals surface area contributed by atoms with Gasteiger partial charge in [0.25, 0.3) is 5.92 Å². The smallest absolute Gasteiger partial charge is 0.411 e. The first kappa shape index (κ1) is 15.9. The minimum atomic E-state index is -3.24. The van der Waals surface area contributed by atoms with E-state index in [-0.39, 0.29) is 6.42 Å². The summed E-state index contributed by atoms with van der Waals surface area (Å²) in [5.41, 5.74) is -2.89. The highest BCUT2D eigenvalue weighted by atomic mass is 19.3. The number of nitrogens with one attached hydrogen (secondary N) is 1. The number of ether oxygens (including phenoxy) is 1. The van der Waals surface area contributed by atoms with Gasteiger partial charge in [-0.05, 0) is 27.2 Å². The lowest BCUT2D eigenvalue weighted by molar-refractivity contribution is -0.144. The molecule has 2 N–H and O–H groups in total. The summed E-state index contributed by atoms with van der Waals surface area (Å²) in [7, 11) is 0. The van der Waals surface area contributed by atoms with Gasteiger partial charge >= 0.3 is 12.1 Å². The van der Waals surface area contributed by atoms with Crippen molar-refractivity contribution in [3.05, 3.63) is 0 Å². The fourth-order valence-electron chi connectivity index (χ4n) is 3.62. The highest BCUT2D eigenvalue weighted by Crippen LogP contribution is 2.61. The third kappa shape index (κ3) is 2.16. The van der Waals surface area contributed by atoms with Crippen molar-refractivity contribution in [2.24, 2.45) is 5.92 Å². The van der Waals surface area contributed by atoms with E-state index >= 15 is 0 Å². The third-order valence-electron chi connectivity index (χ3n) is 4.60. The maximum absolute atomic E-state index is 13.9. The number of amides is 2. The molecule has 1 saturated carbocycles. The van der Waals surface area contributed by atoms with Gasteiger partial charge in [-0.15, -0.1) is 0 Å². The summed E-state index contributed by atoms with van der Waals surface area (Å²) >= 11 is 0. The first-order valence-corrected chi connectivity index (χ1v) is 7.34. The molecule has 1 aliphatic carbocycles. The molecule has 0 radical (unpaired) electrons. The molecule has 2 saturated heterocycles. The lowest BCUT2D eigenvalue weighted by atomic mass is 9.92. The second-order valence-corrected chi connectivity index (χ2v) is 7.37. The zero-order valence-corrected chi connectivity index (χ0v) is 12.9. The molecule has 0 aromatic carbocycles. The average molecular weight is 332 g/mol. The summed E-state index contributed by atoms with van der Waals surface area (Å²) in [6, 6.07) is -2.41. The number of hydrogen-bond donors (Lipinski definition) is 2. The summed E-state index contributed by atoms with van der Waals surface area (Å²) in [5, 5.41) is 11.6. The standard InChI is InChI=1S/C14H18F2N2O5/c1-12(2,3)23-11(22)18-7-4-6(10(20)21)8(18)13(17-9(7)19)5-14(13,15)16/h6-8H,4-5H2,1-3H3,(H,17,19)(H,20,21). The normalized spacial score (nSPS) is 37.5. The molecule has 2 amide bonds. The Hall–Kier alpha value is -1.93. The van der Waals surface area contributed by atoms with Gasteiger partial charge in [-0.25, -0.2) is 13.6 Å². The Balaban J connectivity index is 2.01. The number of carbonyl (C=O) groups is 3. The zero-order valence-electron chi connectivity index (χ0n) is 12.9. The van der Waals surface area contributed by atoms with E-state index in [1.807, 2.05) is 0 Å². The zero-order chi connectivity index (χ0) is 17.4. The monoisotopic (exact) mass is 332 g/mol. The van der Waals surface area contributed by atoms with E-state index in [4.69, 9.17) is 4.74 Å². The molecule has 3 rings (SSSR count). The van der Waals surface area contributed by atoms with Crippen LogP contribution in [0.15, 0.2) is 0 Å². The predicted octanol–water partition coefficient (Wildman–Crippen LogP) is 0.973. The molecule has 2 bridgehead atoms. The Labute approximate surface area is 130 Å². The van der Waals surface area contributed by atoms with Crippen LogP contribution in [0.2, 0.25) is 0 Å². The molecular formula is C14H18F2N2O5. The van der Waals surface area contributed by atoms with Crippen LogP contribution in [0.3, 0.4) is 0 Å². The number of fused-ring (bicyclic) bond motifs is 3. The van der Waals surface area contributed by atoms with Crippen LogP contribution in [0, 0.1) is 5.92 Å². The summed E-state index contributed by atoms with van der Waals surface area (Å²) in [4.78, 5) is 36.9. The summed E-state index contributed by atoms with van der Waals surface area (Å²) < 4.78 is 33.0. The van der Waals surface area contributed by atoms with Crippen LogP contribution in [-0.2, 0) is 14.3 Å². The molecule has 23 heavy (non-hydrogen) atoms. The molecule has 7 nitrogen and oxygen atoms in total. The molecule has 3 aliphatic rings. The van der Waals surface area contributed by atoms with E-state index in [9.17, 15) is 28.3 Å². The van der Waals surface area contributed by atoms with Gasteiger partial charge < -0.3 is 15.2 Å². The number of rotatable bonds is 1. The van der Waals surface area contributed by atoms with Crippen LogP contribution >= 0.6 is 0 Å². The van der Waals surface area contributed by atoms with E-state index in [2.05, 4.69) is 5.32 Å². The maximum atomic E-state index is 13.9. The van der Waals surface area contributed by atoms with Crippen LogP contribution in [0.1, 0.15) is 33.6 Å². The fraction of sp³-hybridized carbons (Fsp3) is 0.786. The highest BCUT2D eigenvalue weighted by Gasteiger charge is 2.82. The molecule has 0 aromatic heterocycles. The van der Waals surface area contributed by atoms with Crippen LogP contribution < -0.4 is 5.32 Å². The van der Waals surface area contributed by atoms with Gasteiger partial charge in [0.15, 0.2) is 0 Å². The largest absolute Gasteiger partial charge is 0.481 e. The maximum Gasteiger partial charge on any atom is 0.411 e. The van der Waals surface area contributed by atoms with E-state index in [1.54, 1.807) is 20.8 Å². The number of carboxylic acid groups (broad SMARTS) is 1. The second-order valence-electron chi connectivity index (χ2n) is 7.37. The van der Waals surface area contributed by atoms with Crippen molar-refractivity contribution in [1.29, 1.82) is 0 Å². The van der Waals surface area contributed by atoms with Crippen LogP contribution in [0.4, 0.5) is 13.6 Å². The van der Waals surface area contributed by atoms with Crippen LogP contribution in [-0.4, -0.2) is 57.1 Å². The second kappa shape index (κ2) is 4.33. The molecule has 4 atom stereocenters. The number of carboxylic acids is 1. The topological polar surface area (TPSA) is 95.9 Å². The van der Waals surface area contributed by atoms with Gasteiger partial charge in [0.1, 0.15) is 17.2 Å². The number of carbonyl (C=O) groups excluding carboxylic acids is 2. The van der Waals surface area contributed by atoms with Gasteiger partial charge in [0.05, 0.1) is 12.0 Å². The number of alkyl halides is 2. The molecule has 128 valence electrons. The van der Waals surface area contributed by atoms with E-state index < -0.39 is 59.5 Å². The molecule has 2 aliphatic heterocycles. The fourth-order valence-corrected chi connectivity index (χ4v) is 3.62. The number of nitrogens with zero attached hydrogens (tertiary/aromatic N) is 1. The van der Waals surface area contributed by atoms with Gasteiger partial charge in [-0.1, -0.05) is 0 Å². The third-order valence-corrected chi connectivity index (χ3v) is 4.60. The highest BCUT2D eigenvalue weighted by molar-refractivity contribution is 5.92.